The van der Waals surface area contributed by atoms with E-state index in [9.17, 15) is 4.79 Å². The summed E-state index contributed by atoms with van der Waals surface area (Å²) in [6, 6.07) is 0. The van der Waals surface area contributed by atoms with Gasteiger partial charge < -0.3 is 9.64 Å². The lowest BCUT2D eigenvalue weighted by atomic mass is 9.66. The molecule has 2 rings (SSSR count). The summed E-state index contributed by atoms with van der Waals surface area (Å²) in [7, 11) is 0. The Hall–Kier alpha value is -0.830. The van der Waals surface area contributed by atoms with E-state index in [2.05, 4.69) is 24.8 Å². The van der Waals surface area contributed by atoms with Crippen LogP contribution in [0.3, 0.4) is 0 Å². The van der Waals surface area contributed by atoms with E-state index in [1.807, 2.05) is 0 Å². The molecule has 126 valence electrons. The largest absolute Gasteiger partial charge is 0.464 e. The summed E-state index contributed by atoms with van der Waals surface area (Å²) in [5.74, 6) is 0.0625. The van der Waals surface area contributed by atoms with E-state index in [4.69, 9.17) is 4.74 Å². The van der Waals surface area contributed by atoms with Crippen LogP contribution in [0.4, 0.5) is 0 Å². The highest BCUT2D eigenvalue weighted by Crippen LogP contribution is 2.46. The van der Waals surface area contributed by atoms with Gasteiger partial charge in [-0.15, -0.1) is 0 Å². The summed E-state index contributed by atoms with van der Waals surface area (Å²) in [4.78, 5) is 15.2. The molecule has 0 aromatic rings. The van der Waals surface area contributed by atoms with E-state index >= 15 is 0 Å². The quantitative estimate of drug-likeness (QED) is 0.518. The zero-order valence-electron chi connectivity index (χ0n) is 14.5. The lowest BCUT2D eigenvalue weighted by Gasteiger charge is -2.38. The summed E-state index contributed by atoms with van der Waals surface area (Å²) in [5, 5.41) is 0. The minimum absolute atomic E-state index is 0.0625. The first kappa shape index (κ1) is 17.5. The van der Waals surface area contributed by atoms with Crippen LogP contribution in [0, 0.1) is 5.41 Å². The first-order valence-electron chi connectivity index (χ1n) is 9.32. The molecule has 2 aliphatic carbocycles. The Labute approximate surface area is 136 Å². The smallest absolute Gasteiger partial charge is 0.316 e. The van der Waals surface area contributed by atoms with Crippen molar-refractivity contribution < 1.29 is 9.53 Å². The zero-order valence-corrected chi connectivity index (χ0v) is 14.5. The van der Waals surface area contributed by atoms with Crippen LogP contribution in [0.5, 0.6) is 0 Å². The van der Waals surface area contributed by atoms with Crippen LogP contribution < -0.4 is 0 Å². The van der Waals surface area contributed by atoms with Gasteiger partial charge in [-0.05, 0) is 51.6 Å². The molecular formula is C19H33NO2. The van der Waals surface area contributed by atoms with Gasteiger partial charge in [0.1, 0.15) is 6.61 Å². The second-order valence-electron chi connectivity index (χ2n) is 6.78. The molecule has 0 amide bonds. The standard InChI is InChI=1S/C19H33NO2/c1-3-20(4-2)15-16-22-18(21)19(13-9-6-10-14-19)17-11-7-5-8-12-17/h11H,3-10,12-16H2,1-2H3. The zero-order chi connectivity index (χ0) is 15.8. The van der Waals surface area contributed by atoms with Crippen molar-refractivity contribution in [1.29, 1.82) is 0 Å². The molecule has 0 unspecified atom stereocenters. The van der Waals surface area contributed by atoms with E-state index in [1.165, 1.54) is 37.7 Å². The number of carbonyl (C=O) groups is 1. The Bertz CT molecular complexity index is 379. The summed E-state index contributed by atoms with van der Waals surface area (Å²) < 4.78 is 5.75. The van der Waals surface area contributed by atoms with E-state index in [0.29, 0.717) is 6.61 Å². The molecule has 0 aromatic heterocycles. The molecule has 0 bridgehead atoms. The average Bonchev–Trinajstić information content (AvgIpc) is 2.60. The molecule has 3 heteroatoms. The van der Waals surface area contributed by atoms with Crippen molar-refractivity contribution >= 4 is 5.97 Å². The summed E-state index contributed by atoms with van der Waals surface area (Å²) >= 11 is 0. The minimum atomic E-state index is -0.276. The maximum atomic E-state index is 12.9. The maximum absolute atomic E-state index is 12.9. The molecule has 0 aromatic carbocycles. The van der Waals surface area contributed by atoms with Crippen LogP contribution in [0.15, 0.2) is 11.6 Å². The van der Waals surface area contributed by atoms with Crippen LogP contribution in [0.25, 0.3) is 0 Å². The molecule has 0 saturated heterocycles. The second kappa shape index (κ2) is 8.71. The van der Waals surface area contributed by atoms with Crippen molar-refractivity contribution in [2.24, 2.45) is 5.41 Å². The third-order valence-corrected chi connectivity index (χ3v) is 5.54. The first-order chi connectivity index (χ1) is 10.7. The number of hydrogen-bond acceptors (Lipinski definition) is 3. The number of nitrogens with zero attached hydrogens (tertiary/aromatic N) is 1. The van der Waals surface area contributed by atoms with Crippen molar-refractivity contribution in [2.75, 3.05) is 26.2 Å². The van der Waals surface area contributed by atoms with Crippen LogP contribution in [0.2, 0.25) is 0 Å². The average molecular weight is 307 g/mol. The SMILES string of the molecule is CCN(CC)CCOC(=O)C1(C2=CCCCC2)CCCCC1. The molecule has 0 heterocycles. The summed E-state index contributed by atoms with van der Waals surface area (Å²) in [6.07, 6.45) is 12.7. The lowest BCUT2D eigenvalue weighted by molar-refractivity contribution is -0.156. The van der Waals surface area contributed by atoms with Crippen molar-refractivity contribution in [3.63, 3.8) is 0 Å². The van der Waals surface area contributed by atoms with Gasteiger partial charge >= 0.3 is 5.97 Å². The van der Waals surface area contributed by atoms with E-state index in [0.717, 1.165) is 45.3 Å². The van der Waals surface area contributed by atoms with Gasteiger partial charge in [-0.3, -0.25) is 4.79 Å². The van der Waals surface area contributed by atoms with Crippen molar-refractivity contribution in [3.05, 3.63) is 11.6 Å². The molecule has 3 nitrogen and oxygen atoms in total. The van der Waals surface area contributed by atoms with Crippen LogP contribution in [-0.4, -0.2) is 37.1 Å². The predicted octanol–water partition coefficient (Wildman–Crippen LogP) is 4.32. The highest BCUT2D eigenvalue weighted by atomic mass is 16.5. The molecular weight excluding hydrogens is 274 g/mol. The minimum Gasteiger partial charge on any atom is -0.464 e. The van der Waals surface area contributed by atoms with Gasteiger partial charge in [-0.2, -0.15) is 0 Å². The number of likely N-dealkylation sites (N-methyl/N-ethyl adjacent to an activating group) is 1. The lowest BCUT2D eigenvalue weighted by Crippen LogP contribution is -2.39. The highest BCUT2D eigenvalue weighted by molar-refractivity contribution is 5.81. The third-order valence-electron chi connectivity index (χ3n) is 5.54. The fraction of sp³-hybridized carbons (Fsp3) is 0.842. The second-order valence-corrected chi connectivity index (χ2v) is 6.78. The Balaban J connectivity index is 1.99. The van der Waals surface area contributed by atoms with Gasteiger partial charge in [0.05, 0.1) is 5.41 Å². The van der Waals surface area contributed by atoms with Crippen molar-refractivity contribution in [2.45, 2.75) is 71.6 Å². The molecule has 1 saturated carbocycles. The van der Waals surface area contributed by atoms with Crippen molar-refractivity contribution in [3.8, 4) is 0 Å². The summed E-state index contributed by atoms with van der Waals surface area (Å²) in [6.45, 7) is 7.74. The Kier molecular flexibility index (Phi) is 6.94. The topological polar surface area (TPSA) is 29.5 Å². The molecule has 0 N–H and O–H groups in total. The molecule has 0 aliphatic heterocycles. The predicted molar refractivity (Wildman–Crippen MR) is 90.8 cm³/mol. The van der Waals surface area contributed by atoms with Crippen molar-refractivity contribution in [1.82, 2.24) is 4.90 Å². The first-order valence-corrected chi connectivity index (χ1v) is 9.32. The normalized spacial score (nSPS) is 21.5. The molecule has 2 aliphatic rings. The van der Waals surface area contributed by atoms with Crippen LogP contribution in [-0.2, 0) is 9.53 Å². The Morgan fingerprint density at radius 2 is 1.86 bits per heavy atom. The van der Waals surface area contributed by atoms with E-state index in [1.54, 1.807) is 0 Å². The van der Waals surface area contributed by atoms with Crippen LogP contribution in [0.1, 0.15) is 71.6 Å². The molecule has 0 radical (unpaired) electrons. The number of hydrogen-bond donors (Lipinski definition) is 0. The molecule has 0 atom stereocenters. The van der Waals surface area contributed by atoms with Gasteiger partial charge in [0.2, 0.25) is 0 Å². The maximum Gasteiger partial charge on any atom is 0.316 e. The van der Waals surface area contributed by atoms with Gasteiger partial charge in [0, 0.05) is 6.54 Å². The van der Waals surface area contributed by atoms with Gasteiger partial charge in [0.15, 0.2) is 0 Å². The Morgan fingerprint density at radius 3 is 2.45 bits per heavy atom. The molecule has 22 heavy (non-hydrogen) atoms. The number of ether oxygens (including phenoxy) is 1. The highest BCUT2D eigenvalue weighted by Gasteiger charge is 2.44. The van der Waals surface area contributed by atoms with Crippen LogP contribution >= 0.6 is 0 Å². The van der Waals surface area contributed by atoms with E-state index in [-0.39, 0.29) is 11.4 Å². The fourth-order valence-electron chi connectivity index (χ4n) is 4.03. The monoisotopic (exact) mass is 307 g/mol. The van der Waals surface area contributed by atoms with Gasteiger partial charge in [0.25, 0.3) is 0 Å². The number of carbonyl (C=O) groups excluding carboxylic acids is 1. The van der Waals surface area contributed by atoms with Gasteiger partial charge in [-0.1, -0.05) is 44.8 Å². The number of allylic oxidation sites excluding steroid dienone is 1. The molecule has 1 fully saturated rings. The summed E-state index contributed by atoms with van der Waals surface area (Å²) in [5.41, 5.74) is 1.12. The molecule has 0 spiro atoms. The Morgan fingerprint density at radius 1 is 1.14 bits per heavy atom. The third kappa shape index (κ3) is 4.13. The van der Waals surface area contributed by atoms with Gasteiger partial charge in [-0.25, -0.2) is 0 Å². The van der Waals surface area contributed by atoms with E-state index < -0.39 is 0 Å². The fourth-order valence-corrected chi connectivity index (χ4v) is 4.03. The number of esters is 1. The number of rotatable bonds is 7.